The van der Waals surface area contributed by atoms with Crippen molar-refractivity contribution in [3.8, 4) is 0 Å². The van der Waals surface area contributed by atoms with Crippen LogP contribution in [0, 0.1) is 5.82 Å². The van der Waals surface area contributed by atoms with Crippen molar-refractivity contribution in [1.29, 1.82) is 0 Å². The summed E-state index contributed by atoms with van der Waals surface area (Å²) in [7, 11) is 0. The normalized spacial score (nSPS) is 16.7. The summed E-state index contributed by atoms with van der Waals surface area (Å²) in [6.45, 7) is 1.02. The van der Waals surface area contributed by atoms with Crippen LogP contribution in [0.3, 0.4) is 0 Å². The third kappa shape index (κ3) is 4.24. The molecule has 0 aromatic heterocycles. The summed E-state index contributed by atoms with van der Waals surface area (Å²) in [4.78, 5) is 26.7. The van der Waals surface area contributed by atoms with E-state index in [-0.39, 0.29) is 17.6 Å². The van der Waals surface area contributed by atoms with Crippen LogP contribution in [0.4, 0.5) is 4.39 Å². The molecule has 0 aliphatic carbocycles. The Morgan fingerprint density at radius 1 is 1.12 bits per heavy atom. The van der Waals surface area contributed by atoms with Crippen LogP contribution in [0.25, 0.3) is 0 Å². The number of likely N-dealkylation sites (tertiary alicyclic amines) is 1. The number of halogens is 1. The van der Waals surface area contributed by atoms with E-state index in [1.165, 1.54) is 12.1 Å². The molecular formula is C20H21FN2O2. The summed E-state index contributed by atoms with van der Waals surface area (Å²) in [5.74, 6) is -0.527. The number of amides is 2. The van der Waals surface area contributed by atoms with E-state index in [9.17, 15) is 14.0 Å². The highest BCUT2D eigenvalue weighted by molar-refractivity contribution is 5.97. The number of hydrogen-bond donors (Lipinski definition) is 1. The zero-order valence-corrected chi connectivity index (χ0v) is 14.0. The lowest BCUT2D eigenvalue weighted by molar-refractivity contribution is -0.124. The molecule has 1 atom stereocenters. The lowest BCUT2D eigenvalue weighted by atomic mass is 10.1. The maximum absolute atomic E-state index is 13.2. The fraction of sp³-hybridized carbons (Fsp3) is 0.300. The quantitative estimate of drug-likeness (QED) is 0.910. The Bertz CT molecular complexity index is 748. The first-order valence-electron chi connectivity index (χ1n) is 8.53. The minimum Gasteiger partial charge on any atom is -0.354 e. The first kappa shape index (κ1) is 17.1. The fourth-order valence-electron chi connectivity index (χ4n) is 3.17. The molecule has 1 N–H and O–H groups in total. The third-order valence-corrected chi connectivity index (χ3v) is 4.44. The van der Waals surface area contributed by atoms with Gasteiger partial charge < -0.3 is 10.2 Å². The largest absolute Gasteiger partial charge is 0.354 e. The Labute approximate surface area is 146 Å². The molecule has 2 amide bonds. The average Bonchev–Trinajstić information content (AvgIpc) is 3.11. The molecule has 1 saturated heterocycles. The number of carbonyl (C=O) groups excluding carboxylic acids is 2. The van der Waals surface area contributed by atoms with Crippen molar-refractivity contribution in [1.82, 2.24) is 10.2 Å². The monoisotopic (exact) mass is 340 g/mol. The molecule has 1 unspecified atom stereocenters. The third-order valence-electron chi connectivity index (χ3n) is 4.44. The lowest BCUT2D eigenvalue weighted by Crippen LogP contribution is -2.46. The predicted octanol–water partition coefficient (Wildman–Crippen LogP) is 2.79. The van der Waals surface area contributed by atoms with Gasteiger partial charge in [0.15, 0.2) is 0 Å². The van der Waals surface area contributed by atoms with Gasteiger partial charge in [-0.3, -0.25) is 9.59 Å². The summed E-state index contributed by atoms with van der Waals surface area (Å²) in [6, 6.07) is 14.9. The molecule has 5 heteroatoms. The van der Waals surface area contributed by atoms with Gasteiger partial charge in [-0.25, -0.2) is 4.39 Å². The van der Waals surface area contributed by atoms with Crippen LogP contribution in [0.1, 0.15) is 28.8 Å². The predicted molar refractivity (Wildman–Crippen MR) is 93.6 cm³/mol. The Morgan fingerprint density at radius 2 is 1.92 bits per heavy atom. The van der Waals surface area contributed by atoms with Gasteiger partial charge >= 0.3 is 0 Å². The number of benzene rings is 2. The molecule has 2 aromatic carbocycles. The van der Waals surface area contributed by atoms with Crippen molar-refractivity contribution < 1.29 is 14.0 Å². The highest BCUT2D eigenvalue weighted by Gasteiger charge is 2.34. The second-order valence-electron chi connectivity index (χ2n) is 6.19. The van der Waals surface area contributed by atoms with Crippen LogP contribution in [0.15, 0.2) is 54.6 Å². The van der Waals surface area contributed by atoms with Gasteiger partial charge in [0.25, 0.3) is 5.91 Å². The molecule has 0 radical (unpaired) electrons. The highest BCUT2D eigenvalue weighted by Crippen LogP contribution is 2.20. The van der Waals surface area contributed by atoms with Gasteiger partial charge in [0.2, 0.25) is 5.91 Å². The number of hydrogen-bond acceptors (Lipinski definition) is 2. The molecule has 3 rings (SSSR count). The van der Waals surface area contributed by atoms with Crippen LogP contribution < -0.4 is 5.32 Å². The van der Waals surface area contributed by atoms with Crippen LogP contribution >= 0.6 is 0 Å². The van der Waals surface area contributed by atoms with Crippen molar-refractivity contribution in [2.45, 2.75) is 25.3 Å². The maximum Gasteiger partial charge on any atom is 0.254 e. The zero-order chi connectivity index (χ0) is 17.6. The van der Waals surface area contributed by atoms with E-state index in [0.717, 1.165) is 12.0 Å². The van der Waals surface area contributed by atoms with E-state index < -0.39 is 6.04 Å². The molecule has 1 fully saturated rings. The molecule has 0 bridgehead atoms. The Kier molecular flexibility index (Phi) is 5.43. The lowest BCUT2D eigenvalue weighted by Gasteiger charge is -2.24. The standard InChI is InChI=1S/C20H21FN2O2/c21-17-9-4-6-15(14-17)11-12-22-19(24)18-10-5-13-23(18)20(25)16-7-2-1-3-8-16/h1-4,6-9,14,18H,5,10-13H2,(H,22,24). The van der Waals surface area contributed by atoms with Gasteiger partial charge in [0, 0.05) is 18.7 Å². The van der Waals surface area contributed by atoms with Gasteiger partial charge in [-0.2, -0.15) is 0 Å². The summed E-state index contributed by atoms with van der Waals surface area (Å²) >= 11 is 0. The topological polar surface area (TPSA) is 49.4 Å². The van der Waals surface area contributed by atoms with Crippen molar-refractivity contribution in [2.24, 2.45) is 0 Å². The molecule has 4 nitrogen and oxygen atoms in total. The second-order valence-corrected chi connectivity index (χ2v) is 6.19. The molecule has 1 heterocycles. The smallest absolute Gasteiger partial charge is 0.254 e. The van der Waals surface area contributed by atoms with Crippen LogP contribution in [0.5, 0.6) is 0 Å². The Balaban J connectivity index is 1.56. The van der Waals surface area contributed by atoms with E-state index in [2.05, 4.69) is 5.32 Å². The summed E-state index contributed by atoms with van der Waals surface area (Å²) in [5.41, 5.74) is 1.44. The number of rotatable bonds is 5. The molecule has 130 valence electrons. The number of carbonyl (C=O) groups is 2. The summed E-state index contributed by atoms with van der Waals surface area (Å²) < 4.78 is 13.2. The van der Waals surface area contributed by atoms with Crippen molar-refractivity contribution in [3.63, 3.8) is 0 Å². The maximum atomic E-state index is 13.2. The van der Waals surface area contributed by atoms with E-state index in [1.807, 2.05) is 24.3 Å². The van der Waals surface area contributed by atoms with Crippen LogP contribution in [-0.4, -0.2) is 35.8 Å². The van der Waals surface area contributed by atoms with Crippen LogP contribution in [-0.2, 0) is 11.2 Å². The van der Waals surface area contributed by atoms with Crippen molar-refractivity contribution in [2.75, 3.05) is 13.1 Å². The molecule has 0 spiro atoms. The molecule has 25 heavy (non-hydrogen) atoms. The first-order chi connectivity index (χ1) is 12.1. The summed E-state index contributed by atoms with van der Waals surface area (Å²) in [6.07, 6.45) is 2.05. The van der Waals surface area contributed by atoms with Crippen molar-refractivity contribution >= 4 is 11.8 Å². The molecule has 1 aliphatic rings. The van der Waals surface area contributed by atoms with Crippen LogP contribution in [0.2, 0.25) is 0 Å². The minimum atomic E-state index is -0.430. The van der Waals surface area contributed by atoms with Crippen molar-refractivity contribution in [3.05, 3.63) is 71.5 Å². The zero-order valence-electron chi connectivity index (χ0n) is 14.0. The molecule has 2 aromatic rings. The van der Waals surface area contributed by atoms with Gasteiger partial charge in [-0.15, -0.1) is 0 Å². The minimum absolute atomic E-state index is 0.108. The fourth-order valence-corrected chi connectivity index (χ4v) is 3.17. The van der Waals surface area contributed by atoms with Gasteiger partial charge in [0.1, 0.15) is 11.9 Å². The Morgan fingerprint density at radius 3 is 2.68 bits per heavy atom. The SMILES string of the molecule is O=C(NCCc1cccc(F)c1)C1CCCN1C(=O)c1ccccc1. The van der Waals surface area contributed by atoms with E-state index in [0.29, 0.717) is 31.5 Å². The first-order valence-corrected chi connectivity index (χ1v) is 8.53. The van der Waals surface area contributed by atoms with E-state index in [4.69, 9.17) is 0 Å². The summed E-state index contributed by atoms with van der Waals surface area (Å²) in [5, 5.41) is 2.87. The van der Waals surface area contributed by atoms with E-state index in [1.54, 1.807) is 23.1 Å². The van der Waals surface area contributed by atoms with E-state index >= 15 is 0 Å². The highest BCUT2D eigenvalue weighted by atomic mass is 19.1. The average molecular weight is 340 g/mol. The number of nitrogens with zero attached hydrogens (tertiary/aromatic N) is 1. The van der Waals surface area contributed by atoms with Gasteiger partial charge in [-0.05, 0) is 49.1 Å². The molecular weight excluding hydrogens is 319 g/mol. The molecule has 0 saturated carbocycles. The number of nitrogens with one attached hydrogen (secondary N) is 1. The Hall–Kier alpha value is -2.69. The van der Waals surface area contributed by atoms with Gasteiger partial charge in [-0.1, -0.05) is 30.3 Å². The van der Waals surface area contributed by atoms with Gasteiger partial charge in [0.05, 0.1) is 0 Å². The second kappa shape index (κ2) is 7.92. The molecule has 1 aliphatic heterocycles.